The summed E-state index contributed by atoms with van der Waals surface area (Å²) in [5, 5.41) is 6.44. The van der Waals surface area contributed by atoms with E-state index in [-0.39, 0.29) is 5.54 Å². The minimum absolute atomic E-state index is 0.105. The first-order valence-corrected chi connectivity index (χ1v) is 6.16. The summed E-state index contributed by atoms with van der Waals surface area (Å²) in [5.74, 6) is 1.24. The van der Waals surface area contributed by atoms with Gasteiger partial charge in [-0.1, -0.05) is 18.2 Å². The van der Waals surface area contributed by atoms with Crippen molar-refractivity contribution in [3.63, 3.8) is 0 Å². The Balaban J connectivity index is 2.25. The van der Waals surface area contributed by atoms with Crippen molar-refractivity contribution >= 4 is 23.0 Å². The summed E-state index contributed by atoms with van der Waals surface area (Å²) in [4.78, 5) is 8.36. The maximum Gasteiger partial charge on any atom is 0.159 e. The Morgan fingerprint density at radius 3 is 2.26 bits per heavy atom. The molecule has 1 aromatic carbocycles. The van der Waals surface area contributed by atoms with Crippen molar-refractivity contribution in [2.75, 3.05) is 16.4 Å². The smallest absolute Gasteiger partial charge is 0.159 e. The second-order valence-corrected chi connectivity index (χ2v) is 5.35. The van der Waals surface area contributed by atoms with Crippen LogP contribution in [0.5, 0.6) is 0 Å². The molecule has 1 heterocycles. The van der Waals surface area contributed by atoms with Gasteiger partial charge in [0.05, 0.1) is 0 Å². The fourth-order valence-electron chi connectivity index (χ4n) is 1.61. The van der Waals surface area contributed by atoms with E-state index in [1.54, 1.807) is 0 Å². The monoisotopic (exact) mass is 257 g/mol. The zero-order chi connectivity index (χ0) is 13.9. The fraction of sp³-hybridized carbons (Fsp3) is 0.286. The van der Waals surface area contributed by atoms with E-state index in [0.29, 0.717) is 17.3 Å². The number of nitrogens with two attached hydrogens (primary N) is 1. The normalized spacial score (nSPS) is 11.1. The molecular formula is C14H19N5. The topological polar surface area (TPSA) is 75.9 Å². The number of anilines is 4. The summed E-state index contributed by atoms with van der Waals surface area (Å²) >= 11 is 0. The van der Waals surface area contributed by atoms with E-state index in [2.05, 4.69) is 41.4 Å². The van der Waals surface area contributed by atoms with Gasteiger partial charge in [-0.25, -0.2) is 9.97 Å². The van der Waals surface area contributed by atoms with Gasteiger partial charge in [-0.3, -0.25) is 0 Å². The molecule has 0 aliphatic carbocycles. The van der Waals surface area contributed by atoms with Crippen molar-refractivity contribution in [3.05, 3.63) is 36.7 Å². The second kappa shape index (κ2) is 5.14. The van der Waals surface area contributed by atoms with E-state index in [4.69, 9.17) is 5.73 Å². The lowest BCUT2D eigenvalue weighted by Crippen LogP contribution is -2.27. The fourth-order valence-corrected chi connectivity index (χ4v) is 1.61. The van der Waals surface area contributed by atoms with Crippen molar-refractivity contribution in [2.24, 2.45) is 0 Å². The molecule has 0 aliphatic rings. The number of benzene rings is 1. The maximum absolute atomic E-state index is 6.09. The quantitative estimate of drug-likeness (QED) is 0.788. The van der Waals surface area contributed by atoms with E-state index >= 15 is 0 Å². The third kappa shape index (κ3) is 3.58. The predicted molar refractivity (Wildman–Crippen MR) is 79.5 cm³/mol. The number of para-hydroxylation sites is 1. The molecule has 100 valence electrons. The summed E-state index contributed by atoms with van der Waals surface area (Å²) in [6, 6.07) is 9.78. The summed E-state index contributed by atoms with van der Waals surface area (Å²) in [7, 11) is 0. The SMILES string of the molecule is CC(C)(C)Nc1ncnc(Nc2ccccc2)c1N. The molecular weight excluding hydrogens is 238 g/mol. The van der Waals surface area contributed by atoms with Gasteiger partial charge in [0, 0.05) is 11.2 Å². The maximum atomic E-state index is 6.09. The van der Waals surface area contributed by atoms with Gasteiger partial charge in [-0.05, 0) is 32.9 Å². The first-order chi connectivity index (χ1) is 8.96. The summed E-state index contributed by atoms with van der Waals surface area (Å²) in [5.41, 5.74) is 7.44. The molecule has 2 aromatic rings. The number of nitrogens with one attached hydrogen (secondary N) is 2. The molecule has 0 bridgehead atoms. The lowest BCUT2D eigenvalue weighted by atomic mass is 10.1. The Labute approximate surface area is 113 Å². The van der Waals surface area contributed by atoms with Gasteiger partial charge in [0.15, 0.2) is 11.6 Å². The highest BCUT2D eigenvalue weighted by atomic mass is 15.1. The van der Waals surface area contributed by atoms with Crippen molar-refractivity contribution in [3.8, 4) is 0 Å². The van der Waals surface area contributed by atoms with E-state index in [9.17, 15) is 0 Å². The minimum Gasteiger partial charge on any atom is -0.393 e. The van der Waals surface area contributed by atoms with Gasteiger partial charge < -0.3 is 16.4 Å². The van der Waals surface area contributed by atoms with E-state index in [1.807, 2.05) is 30.3 Å². The molecule has 0 fully saturated rings. The highest BCUT2D eigenvalue weighted by Gasteiger charge is 2.14. The summed E-state index contributed by atoms with van der Waals surface area (Å²) in [6.45, 7) is 6.16. The van der Waals surface area contributed by atoms with Gasteiger partial charge in [0.2, 0.25) is 0 Å². The molecule has 0 aliphatic heterocycles. The Morgan fingerprint density at radius 2 is 1.63 bits per heavy atom. The third-order valence-electron chi connectivity index (χ3n) is 2.41. The number of hydrogen-bond donors (Lipinski definition) is 3. The lowest BCUT2D eigenvalue weighted by Gasteiger charge is -2.22. The Morgan fingerprint density at radius 1 is 1.00 bits per heavy atom. The summed E-state index contributed by atoms with van der Waals surface area (Å²) < 4.78 is 0. The zero-order valence-electron chi connectivity index (χ0n) is 11.4. The Kier molecular flexibility index (Phi) is 3.55. The Hall–Kier alpha value is -2.30. The van der Waals surface area contributed by atoms with Crippen LogP contribution in [0.2, 0.25) is 0 Å². The van der Waals surface area contributed by atoms with Gasteiger partial charge in [0.25, 0.3) is 0 Å². The molecule has 5 heteroatoms. The van der Waals surface area contributed by atoms with Crippen LogP contribution in [0, 0.1) is 0 Å². The molecule has 0 saturated heterocycles. The van der Waals surface area contributed by atoms with Gasteiger partial charge in [-0.2, -0.15) is 0 Å². The molecule has 0 spiro atoms. The standard InChI is InChI=1S/C14H19N5/c1-14(2,3)19-13-11(15)12(16-9-17-13)18-10-7-5-4-6-8-10/h4-9H,15H2,1-3H3,(H2,16,17,18,19). The van der Waals surface area contributed by atoms with Gasteiger partial charge in [0.1, 0.15) is 12.0 Å². The molecule has 0 unspecified atom stereocenters. The van der Waals surface area contributed by atoms with E-state index in [1.165, 1.54) is 6.33 Å². The van der Waals surface area contributed by atoms with Crippen LogP contribution in [0.4, 0.5) is 23.0 Å². The van der Waals surface area contributed by atoms with Crippen LogP contribution in [0.25, 0.3) is 0 Å². The summed E-state index contributed by atoms with van der Waals surface area (Å²) in [6.07, 6.45) is 1.50. The van der Waals surface area contributed by atoms with Crippen LogP contribution in [-0.4, -0.2) is 15.5 Å². The van der Waals surface area contributed by atoms with E-state index in [0.717, 1.165) is 5.69 Å². The predicted octanol–water partition coefficient (Wildman–Crippen LogP) is 3.01. The first-order valence-electron chi connectivity index (χ1n) is 6.16. The van der Waals surface area contributed by atoms with Crippen LogP contribution in [-0.2, 0) is 0 Å². The molecule has 0 radical (unpaired) electrons. The van der Waals surface area contributed by atoms with Crippen LogP contribution < -0.4 is 16.4 Å². The molecule has 4 N–H and O–H groups in total. The van der Waals surface area contributed by atoms with Crippen molar-refractivity contribution in [1.82, 2.24) is 9.97 Å². The number of hydrogen-bond acceptors (Lipinski definition) is 5. The molecule has 5 nitrogen and oxygen atoms in total. The van der Waals surface area contributed by atoms with Crippen LogP contribution >= 0.6 is 0 Å². The third-order valence-corrected chi connectivity index (χ3v) is 2.41. The molecule has 2 rings (SSSR count). The van der Waals surface area contributed by atoms with Crippen LogP contribution in [0.15, 0.2) is 36.7 Å². The highest BCUT2D eigenvalue weighted by Crippen LogP contribution is 2.27. The van der Waals surface area contributed by atoms with Gasteiger partial charge in [-0.15, -0.1) is 0 Å². The average Bonchev–Trinajstić information content (AvgIpc) is 2.34. The van der Waals surface area contributed by atoms with Crippen LogP contribution in [0.1, 0.15) is 20.8 Å². The minimum atomic E-state index is -0.105. The van der Waals surface area contributed by atoms with Gasteiger partial charge >= 0.3 is 0 Å². The Bertz CT molecular complexity index is 546. The molecule has 0 amide bonds. The number of rotatable bonds is 3. The average molecular weight is 257 g/mol. The number of aromatic nitrogens is 2. The first kappa shape index (κ1) is 13.1. The van der Waals surface area contributed by atoms with Crippen LogP contribution in [0.3, 0.4) is 0 Å². The van der Waals surface area contributed by atoms with Crippen molar-refractivity contribution in [1.29, 1.82) is 0 Å². The second-order valence-electron chi connectivity index (χ2n) is 5.35. The van der Waals surface area contributed by atoms with Crippen molar-refractivity contribution in [2.45, 2.75) is 26.3 Å². The molecule has 19 heavy (non-hydrogen) atoms. The lowest BCUT2D eigenvalue weighted by molar-refractivity contribution is 0.630. The highest BCUT2D eigenvalue weighted by molar-refractivity contribution is 5.77. The number of nitrogen functional groups attached to an aromatic ring is 1. The zero-order valence-corrected chi connectivity index (χ0v) is 11.4. The number of nitrogens with zero attached hydrogens (tertiary/aromatic N) is 2. The molecule has 0 atom stereocenters. The molecule has 1 aromatic heterocycles. The van der Waals surface area contributed by atoms with E-state index < -0.39 is 0 Å². The van der Waals surface area contributed by atoms with Crippen molar-refractivity contribution < 1.29 is 0 Å². The largest absolute Gasteiger partial charge is 0.393 e. The molecule has 0 saturated carbocycles.